The van der Waals surface area contributed by atoms with Crippen LogP contribution in [0.15, 0.2) is 72.8 Å². The number of benzene rings is 5. The highest BCUT2D eigenvalue weighted by Crippen LogP contribution is 2.43. The van der Waals surface area contributed by atoms with Crippen molar-refractivity contribution in [3.05, 3.63) is 89.5 Å². The minimum Gasteiger partial charge on any atom is -0.350 e. The number of carbonyl (C=O) groups is 1. The monoisotopic (exact) mass is 655 g/mol. The third-order valence-corrected chi connectivity index (χ3v) is 8.89. The van der Waals surface area contributed by atoms with Crippen molar-refractivity contribution in [1.29, 1.82) is 0 Å². The molecule has 0 saturated carbocycles. The van der Waals surface area contributed by atoms with Crippen molar-refractivity contribution in [3.8, 4) is 0 Å². The molecular formula is C35H31F6N3OS. The van der Waals surface area contributed by atoms with E-state index >= 15 is 0 Å². The van der Waals surface area contributed by atoms with E-state index in [2.05, 4.69) is 53.1 Å². The largest absolute Gasteiger partial charge is 0.416 e. The molecule has 0 spiro atoms. The van der Waals surface area contributed by atoms with Gasteiger partial charge in [-0.25, -0.2) is 0 Å². The van der Waals surface area contributed by atoms with Gasteiger partial charge in [0.1, 0.15) is 6.04 Å². The SMILES string of the molecule is CC(C)(C)[C@H](NC(=S)Nc1cc(C(F)(F)F)cc(C(F)(F)F)c1)C(=O)N1CCC[C@@H]1c1cc2cccc3ccc4cccc1c4c32. The van der Waals surface area contributed by atoms with Crippen LogP contribution in [0.5, 0.6) is 0 Å². The summed E-state index contributed by atoms with van der Waals surface area (Å²) in [6, 6.07) is 18.7. The number of carbonyl (C=O) groups excluding carboxylic acids is 1. The molecule has 4 nitrogen and oxygen atoms in total. The summed E-state index contributed by atoms with van der Waals surface area (Å²) in [6.07, 6.45) is -8.52. The number of alkyl halides is 6. The number of likely N-dealkylation sites (tertiary alicyclic amines) is 1. The van der Waals surface area contributed by atoms with Gasteiger partial charge in [-0.15, -0.1) is 0 Å². The standard InChI is InChI=1S/C35H31F6N3OS/c1-33(2,3)30(43-32(46)42-24-17-22(34(36,37)38)16-23(18-24)35(39,40)41)31(45)44-14-6-11-27(44)26-15-21-9-4-7-19-12-13-20-8-5-10-25(26)29(20)28(19)21/h4-5,7-10,12-13,15-18,27,30H,6,11,14H2,1-3H3,(H2,42,43,46)/t27-,30-/m1/s1. The van der Waals surface area contributed by atoms with Crippen LogP contribution in [0, 0.1) is 5.41 Å². The number of anilines is 1. The molecule has 0 aromatic heterocycles. The molecule has 0 radical (unpaired) electrons. The number of halogens is 6. The van der Waals surface area contributed by atoms with Crippen LogP contribution in [0.4, 0.5) is 32.0 Å². The molecule has 1 aliphatic rings. The minimum absolute atomic E-state index is 0.0515. The van der Waals surface area contributed by atoms with Gasteiger partial charge in [0.05, 0.1) is 17.2 Å². The first-order chi connectivity index (χ1) is 21.5. The predicted octanol–water partition coefficient (Wildman–Crippen LogP) is 9.69. The molecule has 0 aliphatic carbocycles. The van der Waals surface area contributed by atoms with Crippen LogP contribution in [-0.2, 0) is 17.1 Å². The Balaban J connectivity index is 1.32. The highest BCUT2D eigenvalue weighted by Gasteiger charge is 2.41. The summed E-state index contributed by atoms with van der Waals surface area (Å²) in [6.45, 7) is 5.94. The quantitative estimate of drug-likeness (QED) is 0.115. The van der Waals surface area contributed by atoms with Crippen molar-refractivity contribution in [2.45, 2.75) is 58.0 Å². The maximum absolute atomic E-state index is 14.3. The zero-order valence-corrected chi connectivity index (χ0v) is 26.1. The number of amides is 1. The third kappa shape index (κ3) is 5.92. The van der Waals surface area contributed by atoms with Crippen LogP contribution in [0.25, 0.3) is 32.3 Å². The summed E-state index contributed by atoms with van der Waals surface area (Å²) in [5.41, 5.74) is -3.13. The first-order valence-corrected chi connectivity index (χ1v) is 15.3. The smallest absolute Gasteiger partial charge is 0.350 e. The Kier molecular flexibility index (Phi) is 7.82. The summed E-state index contributed by atoms with van der Waals surface area (Å²) >= 11 is 5.36. The van der Waals surface area contributed by atoms with Crippen molar-refractivity contribution in [2.24, 2.45) is 5.41 Å². The van der Waals surface area contributed by atoms with E-state index in [0.29, 0.717) is 18.7 Å². The number of rotatable bonds is 4. The second kappa shape index (κ2) is 11.3. The highest BCUT2D eigenvalue weighted by atomic mass is 32.1. The van der Waals surface area contributed by atoms with Crippen LogP contribution in [-0.4, -0.2) is 28.5 Å². The molecule has 1 heterocycles. The average Bonchev–Trinajstić information content (AvgIpc) is 3.46. The minimum atomic E-state index is -5.01. The number of hydrogen-bond acceptors (Lipinski definition) is 2. The molecule has 1 aliphatic heterocycles. The van der Waals surface area contributed by atoms with E-state index in [0.717, 1.165) is 45.3 Å². The Morgan fingerprint density at radius 3 is 2.02 bits per heavy atom. The fourth-order valence-electron chi connectivity index (χ4n) is 6.56. The zero-order chi connectivity index (χ0) is 33.2. The number of hydrogen-bond donors (Lipinski definition) is 2. The normalized spacial score (nSPS) is 16.8. The molecule has 2 N–H and O–H groups in total. The van der Waals surface area contributed by atoms with Gasteiger partial charge in [-0.3, -0.25) is 4.79 Å². The Morgan fingerprint density at radius 2 is 1.41 bits per heavy atom. The van der Waals surface area contributed by atoms with Gasteiger partial charge >= 0.3 is 12.4 Å². The second-order valence-corrected chi connectivity index (χ2v) is 13.3. The fraction of sp³-hybridized carbons (Fsp3) is 0.314. The van der Waals surface area contributed by atoms with Crippen LogP contribution in [0.1, 0.15) is 56.3 Å². The van der Waals surface area contributed by atoms with Crippen molar-refractivity contribution in [2.75, 3.05) is 11.9 Å². The zero-order valence-electron chi connectivity index (χ0n) is 25.2. The molecule has 5 aromatic carbocycles. The number of nitrogens with one attached hydrogen (secondary N) is 2. The molecular weight excluding hydrogens is 624 g/mol. The summed E-state index contributed by atoms with van der Waals surface area (Å²) in [5.74, 6) is -0.260. The van der Waals surface area contributed by atoms with Gasteiger partial charge in [0.2, 0.25) is 5.91 Å². The van der Waals surface area contributed by atoms with Gasteiger partial charge < -0.3 is 15.5 Å². The van der Waals surface area contributed by atoms with Gasteiger partial charge in [0.15, 0.2) is 5.11 Å². The molecule has 2 atom stereocenters. The molecule has 1 saturated heterocycles. The Bertz CT molecular complexity index is 1930. The first-order valence-electron chi connectivity index (χ1n) is 14.9. The Labute approximate surface area is 267 Å². The van der Waals surface area contributed by atoms with Crippen molar-refractivity contribution in [1.82, 2.24) is 10.2 Å². The van der Waals surface area contributed by atoms with Crippen molar-refractivity contribution in [3.63, 3.8) is 0 Å². The van der Waals surface area contributed by atoms with Crippen molar-refractivity contribution < 1.29 is 31.1 Å². The second-order valence-electron chi connectivity index (χ2n) is 12.9. The topological polar surface area (TPSA) is 44.4 Å². The van der Waals surface area contributed by atoms with E-state index in [4.69, 9.17) is 12.2 Å². The molecule has 240 valence electrons. The highest BCUT2D eigenvalue weighted by molar-refractivity contribution is 7.80. The third-order valence-electron chi connectivity index (χ3n) is 8.67. The molecule has 1 fully saturated rings. The van der Waals surface area contributed by atoms with Gasteiger partial charge in [-0.1, -0.05) is 69.3 Å². The maximum Gasteiger partial charge on any atom is 0.416 e. The van der Waals surface area contributed by atoms with E-state index in [-0.39, 0.29) is 23.1 Å². The fourth-order valence-corrected chi connectivity index (χ4v) is 6.80. The molecule has 5 aromatic rings. The maximum atomic E-state index is 14.3. The van der Waals surface area contributed by atoms with Gasteiger partial charge in [-0.05, 0) is 92.6 Å². The molecule has 11 heteroatoms. The van der Waals surface area contributed by atoms with E-state index in [9.17, 15) is 31.1 Å². The van der Waals surface area contributed by atoms with Gasteiger partial charge in [0.25, 0.3) is 0 Å². The first kappa shape index (κ1) is 31.8. The summed E-state index contributed by atoms with van der Waals surface area (Å²) in [4.78, 5) is 16.1. The van der Waals surface area contributed by atoms with E-state index in [1.165, 1.54) is 5.39 Å². The average molecular weight is 656 g/mol. The molecule has 46 heavy (non-hydrogen) atoms. The lowest BCUT2D eigenvalue weighted by Gasteiger charge is -2.37. The van der Waals surface area contributed by atoms with Crippen molar-refractivity contribution >= 4 is 61.2 Å². The Hall–Kier alpha value is -4.12. The summed E-state index contributed by atoms with van der Waals surface area (Å²) < 4.78 is 80.6. The Morgan fingerprint density at radius 1 is 0.826 bits per heavy atom. The van der Waals surface area contributed by atoms with Gasteiger partial charge in [0, 0.05) is 12.2 Å². The number of thiocarbonyl (C=S) groups is 1. The molecule has 0 bridgehead atoms. The predicted molar refractivity (Wildman–Crippen MR) is 173 cm³/mol. The lowest BCUT2D eigenvalue weighted by molar-refractivity contribution is -0.143. The van der Waals surface area contributed by atoms with E-state index < -0.39 is 40.6 Å². The van der Waals surface area contributed by atoms with Crippen LogP contribution >= 0.6 is 12.2 Å². The molecule has 1 amide bonds. The van der Waals surface area contributed by atoms with Crippen LogP contribution < -0.4 is 10.6 Å². The van der Waals surface area contributed by atoms with E-state index in [1.807, 2.05) is 37.8 Å². The van der Waals surface area contributed by atoms with Gasteiger partial charge in [-0.2, -0.15) is 26.3 Å². The summed E-state index contributed by atoms with van der Waals surface area (Å²) in [7, 11) is 0. The van der Waals surface area contributed by atoms with Crippen LogP contribution in [0.2, 0.25) is 0 Å². The molecule has 6 rings (SSSR count). The van der Waals surface area contributed by atoms with E-state index in [1.54, 1.807) is 0 Å². The lowest BCUT2D eigenvalue weighted by atomic mass is 9.85. The lowest BCUT2D eigenvalue weighted by Crippen LogP contribution is -2.55. The van der Waals surface area contributed by atoms with Crippen LogP contribution in [0.3, 0.4) is 0 Å². The summed E-state index contributed by atoms with van der Waals surface area (Å²) in [5, 5.41) is 11.8. The molecule has 0 unspecified atom stereocenters. The number of nitrogens with zero attached hydrogens (tertiary/aromatic N) is 1.